The lowest BCUT2D eigenvalue weighted by Crippen LogP contribution is -2.42. The van der Waals surface area contributed by atoms with Gasteiger partial charge in [-0.1, -0.05) is 48.0 Å². The summed E-state index contributed by atoms with van der Waals surface area (Å²) in [5.41, 5.74) is 4.07. The van der Waals surface area contributed by atoms with Gasteiger partial charge in [0.15, 0.2) is 0 Å². The molecule has 0 bridgehead atoms. The number of aryl methyl sites for hydroxylation is 1. The number of ether oxygens (including phenoxy) is 1. The SMILES string of the molecule is Cc1ccc2c(c1)C[C@@H](c1ccccc1)C1(O2)SCCCS1. The van der Waals surface area contributed by atoms with Crippen molar-refractivity contribution in [3.05, 3.63) is 65.2 Å². The zero-order chi connectivity index (χ0) is 15.0. The summed E-state index contributed by atoms with van der Waals surface area (Å²) < 4.78 is 6.46. The van der Waals surface area contributed by atoms with Crippen LogP contribution in [0.2, 0.25) is 0 Å². The molecule has 1 atom stereocenters. The van der Waals surface area contributed by atoms with Crippen LogP contribution >= 0.6 is 23.5 Å². The molecule has 1 nitrogen and oxygen atoms in total. The van der Waals surface area contributed by atoms with Crippen LogP contribution in [-0.2, 0) is 6.42 Å². The van der Waals surface area contributed by atoms with Gasteiger partial charge in [0.05, 0.1) is 0 Å². The van der Waals surface area contributed by atoms with Gasteiger partial charge in [-0.25, -0.2) is 0 Å². The molecule has 3 heteroatoms. The Morgan fingerprint density at radius 1 is 1.05 bits per heavy atom. The van der Waals surface area contributed by atoms with Crippen molar-refractivity contribution in [1.82, 2.24) is 0 Å². The molecule has 2 aliphatic rings. The molecule has 114 valence electrons. The third kappa shape index (κ3) is 2.55. The van der Waals surface area contributed by atoms with E-state index in [0.29, 0.717) is 5.92 Å². The summed E-state index contributed by atoms with van der Waals surface area (Å²) in [7, 11) is 0. The molecule has 0 aromatic heterocycles. The van der Waals surface area contributed by atoms with Gasteiger partial charge in [-0.2, -0.15) is 0 Å². The van der Waals surface area contributed by atoms with Gasteiger partial charge in [0.1, 0.15) is 5.75 Å². The summed E-state index contributed by atoms with van der Waals surface area (Å²) in [6.07, 6.45) is 2.35. The maximum absolute atomic E-state index is 6.61. The van der Waals surface area contributed by atoms with Crippen molar-refractivity contribution in [3.63, 3.8) is 0 Å². The number of hydrogen-bond donors (Lipinski definition) is 0. The monoisotopic (exact) mass is 328 g/mol. The number of benzene rings is 2. The molecular formula is C19H20OS2. The van der Waals surface area contributed by atoms with E-state index in [0.717, 1.165) is 12.2 Å². The Hall–Kier alpha value is -1.06. The van der Waals surface area contributed by atoms with E-state index in [1.54, 1.807) is 0 Å². The highest BCUT2D eigenvalue weighted by Crippen LogP contribution is 2.56. The van der Waals surface area contributed by atoms with Crippen LogP contribution < -0.4 is 4.74 Å². The Morgan fingerprint density at radius 3 is 2.59 bits per heavy atom. The van der Waals surface area contributed by atoms with Gasteiger partial charge in [0, 0.05) is 5.92 Å². The predicted octanol–water partition coefficient (Wildman–Crippen LogP) is 5.24. The van der Waals surface area contributed by atoms with E-state index in [2.05, 4.69) is 55.5 Å². The first-order chi connectivity index (χ1) is 10.8. The Labute approximate surface area is 140 Å². The molecule has 2 aromatic rings. The molecular weight excluding hydrogens is 308 g/mol. The van der Waals surface area contributed by atoms with Crippen molar-refractivity contribution in [2.24, 2.45) is 0 Å². The van der Waals surface area contributed by atoms with Gasteiger partial charge in [-0.05, 0) is 48.5 Å². The van der Waals surface area contributed by atoms with Crippen LogP contribution in [-0.4, -0.2) is 15.8 Å². The average molecular weight is 329 g/mol. The second-order valence-electron chi connectivity index (χ2n) is 6.03. The maximum atomic E-state index is 6.61. The third-order valence-electron chi connectivity index (χ3n) is 4.42. The number of thioether (sulfide) groups is 2. The highest BCUT2D eigenvalue weighted by atomic mass is 32.2. The van der Waals surface area contributed by atoms with Crippen LogP contribution in [0.25, 0.3) is 0 Å². The molecule has 0 radical (unpaired) electrons. The van der Waals surface area contributed by atoms with E-state index in [-0.39, 0.29) is 4.27 Å². The third-order valence-corrected chi connectivity index (χ3v) is 7.65. The van der Waals surface area contributed by atoms with Crippen molar-refractivity contribution in [2.75, 3.05) is 11.5 Å². The lowest BCUT2D eigenvalue weighted by atomic mass is 9.89. The van der Waals surface area contributed by atoms with Gasteiger partial charge in [0.2, 0.25) is 4.27 Å². The smallest absolute Gasteiger partial charge is 0.208 e. The molecule has 0 unspecified atom stereocenters. The van der Waals surface area contributed by atoms with E-state index in [4.69, 9.17) is 4.74 Å². The molecule has 1 saturated heterocycles. The molecule has 2 aromatic carbocycles. The van der Waals surface area contributed by atoms with Gasteiger partial charge < -0.3 is 4.74 Å². The molecule has 0 N–H and O–H groups in total. The summed E-state index contributed by atoms with van der Waals surface area (Å²) in [6.45, 7) is 2.16. The minimum absolute atomic E-state index is 0.151. The first-order valence-corrected chi connectivity index (χ1v) is 9.85. The van der Waals surface area contributed by atoms with Gasteiger partial charge in [-0.15, -0.1) is 23.5 Å². The van der Waals surface area contributed by atoms with E-state index in [1.807, 2.05) is 23.5 Å². The van der Waals surface area contributed by atoms with E-state index in [9.17, 15) is 0 Å². The molecule has 2 heterocycles. The molecule has 4 rings (SSSR count). The van der Waals surface area contributed by atoms with Crippen molar-refractivity contribution in [3.8, 4) is 5.75 Å². The second-order valence-corrected chi connectivity index (χ2v) is 8.90. The lowest BCUT2D eigenvalue weighted by molar-refractivity contribution is 0.198. The predicted molar refractivity (Wildman–Crippen MR) is 97.0 cm³/mol. The van der Waals surface area contributed by atoms with Gasteiger partial charge in [-0.3, -0.25) is 0 Å². The normalized spacial score (nSPS) is 22.9. The minimum Gasteiger partial charge on any atom is -0.466 e. The minimum atomic E-state index is -0.151. The lowest BCUT2D eigenvalue weighted by Gasteiger charge is -2.45. The topological polar surface area (TPSA) is 9.23 Å². The van der Waals surface area contributed by atoms with Gasteiger partial charge >= 0.3 is 0 Å². The fraction of sp³-hybridized carbons (Fsp3) is 0.368. The Balaban J connectivity index is 1.79. The molecule has 1 spiro atoms. The molecule has 2 aliphatic heterocycles. The van der Waals surface area contributed by atoms with E-state index in [1.165, 1.54) is 34.6 Å². The fourth-order valence-electron chi connectivity index (χ4n) is 3.33. The number of hydrogen-bond acceptors (Lipinski definition) is 3. The second kappa shape index (κ2) is 5.86. The molecule has 1 fully saturated rings. The van der Waals surface area contributed by atoms with Crippen LogP contribution in [0.4, 0.5) is 0 Å². The number of rotatable bonds is 1. The highest BCUT2D eigenvalue weighted by molar-refractivity contribution is 8.18. The van der Waals surface area contributed by atoms with Crippen LogP contribution in [0.1, 0.15) is 29.0 Å². The Morgan fingerprint density at radius 2 is 1.82 bits per heavy atom. The standard InChI is InChI=1S/C19H20OS2/c1-14-8-9-18-16(12-14)13-17(15-6-3-2-4-7-15)19(20-18)21-10-5-11-22-19/h2-4,6-9,12,17H,5,10-11,13H2,1H3/t17-/m0/s1. The maximum Gasteiger partial charge on any atom is 0.208 e. The zero-order valence-electron chi connectivity index (χ0n) is 12.7. The van der Waals surface area contributed by atoms with E-state index < -0.39 is 0 Å². The fourth-order valence-corrected chi connectivity index (χ4v) is 6.63. The van der Waals surface area contributed by atoms with Gasteiger partial charge in [0.25, 0.3) is 0 Å². The summed E-state index contributed by atoms with van der Waals surface area (Å²) in [4.78, 5) is 0. The van der Waals surface area contributed by atoms with Crippen molar-refractivity contribution < 1.29 is 4.74 Å². The molecule has 0 aliphatic carbocycles. The molecule has 22 heavy (non-hydrogen) atoms. The Kier molecular flexibility index (Phi) is 3.87. The van der Waals surface area contributed by atoms with Crippen molar-refractivity contribution in [2.45, 2.75) is 29.9 Å². The first kappa shape index (κ1) is 14.5. The van der Waals surface area contributed by atoms with Crippen LogP contribution in [0.15, 0.2) is 48.5 Å². The van der Waals surface area contributed by atoms with Crippen molar-refractivity contribution in [1.29, 1.82) is 0 Å². The zero-order valence-corrected chi connectivity index (χ0v) is 14.4. The van der Waals surface area contributed by atoms with Crippen LogP contribution in [0, 0.1) is 6.92 Å². The summed E-state index contributed by atoms with van der Waals surface area (Å²) in [5, 5.41) is 0. The summed E-state index contributed by atoms with van der Waals surface area (Å²) in [5.74, 6) is 3.88. The molecule has 0 amide bonds. The van der Waals surface area contributed by atoms with Crippen molar-refractivity contribution >= 4 is 23.5 Å². The average Bonchev–Trinajstić information content (AvgIpc) is 2.56. The molecule has 0 saturated carbocycles. The first-order valence-electron chi connectivity index (χ1n) is 7.88. The number of fused-ring (bicyclic) bond motifs is 1. The van der Waals surface area contributed by atoms with Crippen LogP contribution in [0.5, 0.6) is 5.75 Å². The quantitative estimate of drug-likeness (QED) is 0.708. The Bertz CT molecular complexity index is 662. The largest absolute Gasteiger partial charge is 0.466 e. The summed E-state index contributed by atoms with van der Waals surface area (Å²) in [6, 6.07) is 17.5. The van der Waals surface area contributed by atoms with E-state index >= 15 is 0 Å². The highest BCUT2D eigenvalue weighted by Gasteiger charge is 2.47. The summed E-state index contributed by atoms with van der Waals surface area (Å²) >= 11 is 4.00. The van der Waals surface area contributed by atoms with Crippen LogP contribution in [0.3, 0.4) is 0 Å².